The Morgan fingerprint density at radius 3 is 2.08 bits per heavy atom. The quantitative estimate of drug-likeness (QED) is 0.237. The van der Waals surface area contributed by atoms with E-state index in [1.165, 1.54) is 52.8 Å². The van der Waals surface area contributed by atoms with Gasteiger partial charge in [-0.05, 0) is 42.4 Å². The van der Waals surface area contributed by atoms with Gasteiger partial charge in [0.15, 0.2) is 0 Å². The van der Waals surface area contributed by atoms with Crippen molar-refractivity contribution in [3.05, 3.63) is 94.2 Å². The summed E-state index contributed by atoms with van der Waals surface area (Å²) in [5.41, 5.74) is 5.68. The molecule has 38 heavy (non-hydrogen) atoms. The standard InChI is InChI=1S/C29H32OSi2.C3H6.2ClH.Zr/c1-7-19-13-10-17-24-26(19)28(30-32(4,5)6)29(31(2)3)27(24)23-16-11-15-22-21-14-9-8-12-20(21)18-25(22)23;1-3-2;;;/h8-18,27H,7H2,1-6H3;1-2H3;2*1H;/q-1;;;;+2/p-2. The first-order valence-corrected chi connectivity index (χ1v) is 20.1. The summed E-state index contributed by atoms with van der Waals surface area (Å²) < 4.78 is 8.41. The molecule has 4 aromatic rings. The topological polar surface area (TPSA) is 9.23 Å². The van der Waals surface area contributed by atoms with E-state index in [1.807, 2.05) is 0 Å². The molecule has 0 heterocycles. The van der Waals surface area contributed by atoms with Crippen LogP contribution in [0.5, 0.6) is 0 Å². The molecular weight excluding hydrogens is 619 g/mol. The van der Waals surface area contributed by atoms with Gasteiger partial charge >= 0.3 is 41.3 Å². The van der Waals surface area contributed by atoms with Crippen LogP contribution in [-0.4, -0.2) is 20.3 Å². The minimum atomic E-state index is -1.77. The number of rotatable bonds is 5. The Labute approximate surface area is 259 Å². The van der Waals surface area contributed by atoms with E-state index < -0.39 is 17.1 Å². The van der Waals surface area contributed by atoms with Gasteiger partial charge in [0.25, 0.3) is 0 Å². The number of halogens is 2. The second-order valence-electron chi connectivity index (χ2n) is 11.2. The minimum absolute atomic E-state index is 0. The largest absolute Gasteiger partial charge is 1.00 e. The maximum atomic E-state index is 6.91. The predicted octanol–water partition coefficient (Wildman–Crippen LogP) is 3.03. The van der Waals surface area contributed by atoms with Gasteiger partial charge in [-0.3, -0.25) is 0 Å². The first-order valence-electron chi connectivity index (χ1n) is 13.0. The summed E-state index contributed by atoms with van der Waals surface area (Å²) in [7, 11) is -2.51. The van der Waals surface area contributed by atoms with Gasteiger partial charge in [0, 0.05) is 11.5 Å². The van der Waals surface area contributed by atoms with Crippen LogP contribution in [0.4, 0.5) is 0 Å². The first-order chi connectivity index (χ1) is 17.0. The number of fused-ring (bicyclic) bond motifs is 4. The molecule has 4 aromatic carbocycles. The van der Waals surface area contributed by atoms with E-state index in [0.29, 0.717) is 0 Å². The molecule has 6 heteroatoms. The number of allylic oxidation sites excluding steroid dienone is 1. The van der Waals surface area contributed by atoms with Crippen molar-refractivity contribution in [1.82, 2.24) is 0 Å². The van der Waals surface area contributed by atoms with Crippen LogP contribution < -0.4 is 24.8 Å². The molecule has 199 valence electrons. The molecule has 1 aliphatic rings. The Morgan fingerprint density at radius 2 is 1.47 bits per heavy atom. The van der Waals surface area contributed by atoms with Crippen LogP contribution >= 0.6 is 0 Å². The fraction of sp³-hybridized carbons (Fsp3) is 0.312. The number of hydrogen-bond acceptors (Lipinski definition) is 1. The van der Waals surface area contributed by atoms with Gasteiger partial charge in [0.05, 0.1) is 8.80 Å². The average Bonchev–Trinajstić information content (AvgIpc) is 3.33. The van der Waals surface area contributed by atoms with Crippen LogP contribution in [-0.2, 0) is 35.1 Å². The zero-order valence-corrected chi connectivity index (χ0v) is 29.8. The Balaban J connectivity index is 0.000000791. The van der Waals surface area contributed by atoms with Gasteiger partial charge in [0.1, 0.15) is 5.76 Å². The molecule has 1 nitrogen and oxygen atoms in total. The molecule has 0 aliphatic heterocycles. The van der Waals surface area contributed by atoms with Crippen molar-refractivity contribution in [2.45, 2.75) is 65.8 Å². The van der Waals surface area contributed by atoms with Crippen LogP contribution in [0.3, 0.4) is 0 Å². The molecule has 0 bridgehead atoms. The third-order valence-corrected chi connectivity index (χ3v) is 8.99. The summed E-state index contributed by atoms with van der Waals surface area (Å²) in [6.45, 7) is 18.3. The third kappa shape index (κ3) is 6.76. The zero-order valence-electron chi connectivity index (χ0n) is 23.8. The van der Waals surface area contributed by atoms with Crippen molar-refractivity contribution >= 4 is 47.6 Å². The van der Waals surface area contributed by atoms with Crippen molar-refractivity contribution < 1.29 is 53.5 Å². The van der Waals surface area contributed by atoms with Crippen LogP contribution in [0.25, 0.3) is 27.3 Å². The molecule has 5 rings (SSSR count). The van der Waals surface area contributed by atoms with Gasteiger partial charge in [-0.15, -0.1) is 33.7 Å². The second-order valence-corrected chi connectivity index (χ2v) is 20.6. The first kappa shape index (κ1) is 33.0. The molecule has 1 radical (unpaired) electrons. The van der Waals surface area contributed by atoms with Gasteiger partial charge in [0.2, 0.25) is 8.32 Å². The molecule has 1 aliphatic carbocycles. The Kier molecular flexibility index (Phi) is 11.7. The maximum absolute atomic E-state index is 6.91. The summed E-state index contributed by atoms with van der Waals surface area (Å²) in [5, 5.41) is 6.99. The van der Waals surface area contributed by atoms with Crippen molar-refractivity contribution in [2.24, 2.45) is 0 Å². The molecular formula is C32H38Cl2OSi2Zr-. The van der Waals surface area contributed by atoms with E-state index in [1.54, 1.807) is 29.4 Å². The number of benzene rings is 3. The normalized spacial score (nSPS) is 14.6. The van der Waals surface area contributed by atoms with E-state index >= 15 is 0 Å². The summed E-state index contributed by atoms with van der Waals surface area (Å²) in [6, 6.07) is 25.0. The van der Waals surface area contributed by atoms with Crippen molar-refractivity contribution in [3.63, 3.8) is 0 Å². The fourth-order valence-corrected chi connectivity index (χ4v) is 7.80. The molecule has 0 saturated heterocycles. The number of aryl methyl sites for hydroxylation is 1. The summed E-state index contributed by atoms with van der Waals surface area (Å²) in [6.07, 6.45) is 1.03. The predicted molar refractivity (Wildman–Crippen MR) is 160 cm³/mol. The van der Waals surface area contributed by atoms with E-state index in [9.17, 15) is 0 Å². The van der Waals surface area contributed by atoms with Crippen molar-refractivity contribution in [3.8, 4) is 0 Å². The SMILES string of the molecule is CCc1cccc2c1C(O[Si](C)(C)C)=C([Si](C)C)C2c1cccc2c1[cH-]c1ccccc12.C[C](C)=[Zr+2].[Cl-].[Cl-]. The smallest absolute Gasteiger partial charge is 1.00 e. The number of hydrogen-bond donors (Lipinski definition) is 0. The van der Waals surface area contributed by atoms with Crippen molar-refractivity contribution in [2.75, 3.05) is 0 Å². The van der Waals surface area contributed by atoms with Crippen LogP contribution in [0.2, 0.25) is 32.7 Å². The van der Waals surface area contributed by atoms with Gasteiger partial charge in [-0.25, -0.2) is 0 Å². The minimum Gasteiger partial charge on any atom is -1.00 e. The molecule has 1 unspecified atom stereocenters. The fourth-order valence-electron chi connectivity index (χ4n) is 5.36. The Bertz CT molecular complexity index is 1460. The van der Waals surface area contributed by atoms with Crippen LogP contribution in [0, 0.1) is 0 Å². The zero-order chi connectivity index (χ0) is 26.2. The Hall–Kier alpha value is -1.16. The van der Waals surface area contributed by atoms with E-state index in [2.05, 4.69) is 120 Å². The van der Waals surface area contributed by atoms with Gasteiger partial charge < -0.3 is 29.2 Å². The average molecular weight is 657 g/mol. The summed E-state index contributed by atoms with van der Waals surface area (Å²) in [5.74, 6) is 1.50. The van der Waals surface area contributed by atoms with Crippen LogP contribution in [0.15, 0.2) is 71.9 Å². The van der Waals surface area contributed by atoms with Crippen LogP contribution in [0.1, 0.15) is 48.9 Å². The van der Waals surface area contributed by atoms with E-state index in [0.717, 1.165) is 6.42 Å². The van der Waals surface area contributed by atoms with Gasteiger partial charge in [-0.1, -0.05) is 80.2 Å². The second kappa shape index (κ2) is 13.5. The molecule has 0 amide bonds. The Morgan fingerprint density at radius 1 is 0.895 bits per heavy atom. The maximum Gasteiger partial charge on any atom is -1.00 e. The van der Waals surface area contributed by atoms with E-state index in [4.69, 9.17) is 4.43 Å². The van der Waals surface area contributed by atoms with Gasteiger partial charge in [-0.2, -0.15) is 0 Å². The molecule has 0 saturated carbocycles. The van der Waals surface area contributed by atoms with E-state index in [-0.39, 0.29) is 30.7 Å². The summed E-state index contributed by atoms with van der Waals surface area (Å²) in [4.78, 5) is 0. The molecule has 0 fully saturated rings. The summed E-state index contributed by atoms with van der Waals surface area (Å²) >= 11 is 1.55. The molecule has 0 N–H and O–H groups in total. The monoisotopic (exact) mass is 654 g/mol. The molecule has 0 aromatic heterocycles. The molecule has 0 spiro atoms. The third-order valence-electron chi connectivity index (χ3n) is 6.58. The van der Waals surface area contributed by atoms with Crippen molar-refractivity contribution in [1.29, 1.82) is 0 Å². The molecule has 1 atom stereocenters.